The van der Waals surface area contributed by atoms with Crippen molar-refractivity contribution in [3.8, 4) is 0 Å². The van der Waals surface area contributed by atoms with Gasteiger partial charge < -0.3 is 0 Å². The Labute approximate surface area is 41.8 Å². The molecule has 6 heteroatoms. The van der Waals surface area contributed by atoms with Gasteiger partial charge in [-0.25, -0.2) is 0 Å². The van der Waals surface area contributed by atoms with Crippen molar-refractivity contribution in [3.05, 3.63) is 0 Å². The topological polar surface area (TPSA) is 17.1 Å². The van der Waals surface area contributed by atoms with E-state index in [-0.39, 0.29) is 18.8 Å². The van der Waals surface area contributed by atoms with Crippen LogP contribution in [0.2, 0.25) is 0 Å². The van der Waals surface area contributed by atoms with E-state index < -0.39 is 0 Å². The van der Waals surface area contributed by atoms with Crippen LogP contribution in [0.15, 0.2) is 0 Å². The van der Waals surface area contributed by atoms with Gasteiger partial charge in [0, 0.05) is 0 Å². The van der Waals surface area contributed by atoms with Crippen LogP contribution < -0.4 is 0 Å². The summed E-state index contributed by atoms with van der Waals surface area (Å²) < 4.78 is 8.28. The van der Waals surface area contributed by atoms with Crippen molar-refractivity contribution in [2.75, 3.05) is 0 Å². The molecule has 6 heavy (non-hydrogen) atoms. The molecule has 0 aromatic heterocycles. The third-order valence-corrected chi connectivity index (χ3v) is 0. The summed E-state index contributed by atoms with van der Waals surface area (Å²) in [5.74, 6) is 0. The SMILES string of the molecule is F.F.F.F.[O]=[Os]. The predicted octanol–water partition coefficient (Wildman–Crippen LogP) is 0.489. The Morgan fingerprint density at radius 2 is 0.667 bits per heavy atom. The van der Waals surface area contributed by atoms with Crippen molar-refractivity contribution in [1.82, 2.24) is 0 Å². The molecule has 0 aromatic carbocycles. The van der Waals surface area contributed by atoms with Gasteiger partial charge in [-0.2, -0.15) is 0 Å². The molecule has 0 atom stereocenters. The van der Waals surface area contributed by atoms with E-state index >= 15 is 0 Å². The molecule has 0 bridgehead atoms. The van der Waals surface area contributed by atoms with Crippen molar-refractivity contribution < 1.29 is 40.9 Å². The fourth-order valence-electron chi connectivity index (χ4n) is 0. The van der Waals surface area contributed by atoms with E-state index in [9.17, 15) is 0 Å². The Morgan fingerprint density at radius 1 is 0.667 bits per heavy atom. The standard InChI is InChI=1S/4FH.O.Os/h4*1H;;. The molecular formula is H4F4OOs. The molecule has 0 N–H and O–H groups in total. The van der Waals surface area contributed by atoms with Gasteiger partial charge in [0.2, 0.25) is 0 Å². The van der Waals surface area contributed by atoms with Crippen molar-refractivity contribution in [1.29, 1.82) is 0 Å². The van der Waals surface area contributed by atoms with Crippen LogP contribution in [-0.2, 0) is 22.1 Å². The van der Waals surface area contributed by atoms with E-state index in [0.29, 0.717) is 18.6 Å². The van der Waals surface area contributed by atoms with Gasteiger partial charge in [-0.3, -0.25) is 18.8 Å². The Kier molecular flexibility index (Phi) is 74300. The number of halogens is 4. The van der Waals surface area contributed by atoms with Crippen LogP contribution in [-0.4, -0.2) is 0 Å². The number of hydrogen-bond acceptors (Lipinski definition) is 1. The third kappa shape index (κ3) is 1690. The molecule has 0 saturated carbocycles. The molecule has 0 radical (unpaired) electrons. The zero-order chi connectivity index (χ0) is 2.00. The predicted molar refractivity (Wildman–Crippen MR) is 10.7 cm³/mol. The summed E-state index contributed by atoms with van der Waals surface area (Å²) in [6, 6.07) is 0. The average Bonchev–Trinajstić information content (AvgIpc) is 1.00. The van der Waals surface area contributed by atoms with Gasteiger partial charge in [0.25, 0.3) is 0 Å². The number of rotatable bonds is 0. The average molecular weight is 286 g/mol. The van der Waals surface area contributed by atoms with Crippen LogP contribution in [0.4, 0.5) is 18.8 Å². The molecule has 0 heterocycles. The molecule has 1 nitrogen and oxygen atoms in total. The second kappa shape index (κ2) is 3640. The molecule has 0 aliphatic heterocycles. The normalized spacial score (nSPS) is 0.833. The van der Waals surface area contributed by atoms with E-state index in [2.05, 4.69) is 0 Å². The van der Waals surface area contributed by atoms with E-state index in [1.165, 1.54) is 0 Å². The molecule has 0 spiro atoms. The quantitative estimate of drug-likeness (QED) is 0.592. The van der Waals surface area contributed by atoms with Gasteiger partial charge in [-0.1, -0.05) is 0 Å². The Morgan fingerprint density at radius 3 is 0.667 bits per heavy atom. The fraction of sp³-hybridized carbons (Fsp3) is 0. The second-order valence-electron chi connectivity index (χ2n) is 0. The minimum absolute atomic E-state index is 0. The van der Waals surface area contributed by atoms with Gasteiger partial charge in [-0.15, -0.1) is 0 Å². The van der Waals surface area contributed by atoms with Crippen LogP contribution in [0.5, 0.6) is 0 Å². The van der Waals surface area contributed by atoms with Gasteiger partial charge in [0.1, 0.15) is 0 Å². The minimum atomic E-state index is 0. The van der Waals surface area contributed by atoms with Crippen molar-refractivity contribution in [2.24, 2.45) is 0 Å². The van der Waals surface area contributed by atoms with Crippen molar-refractivity contribution in [3.63, 3.8) is 0 Å². The maximum atomic E-state index is 8.28. The van der Waals surface area contributed by atoms with Gasteiger partial charge in [-0.05, 0) is 0 Å². The molecule has 0 aliphatic rings. The van der Waals surface area contributed by atoms with Crippen LogP contribution in [0.25, 0.3) is 0 Å². The zero-order valence-corrected chi connectivity index (χ0v) is 4.94. The van der Waals surface area contributed by atoms with E-state index in [0.717, 1.165) is 0 Å². The van der Waals surface area contributed by atoms with Crippen LogP contribution in [0.1, 0.15) is 0 Å². The van der Waals surface area contributed by atoms with E-state index in [4.69, 9.17) is 3.54 Å². The molecule has 0 amide bonds. The van der Waals surface area contributed by atoms with E-state index in [1.54, 1.807) is 0 Å². The third-order valence-electron chi connectivity index (χ3n) is 0. The maximum absolute atomic E-state index is 8.28. The van der Waals surface area contributed by atoms with Crippen LogP contribution >= 0.6 is 0 Å². The monoisotopic (exact) mass is 288 g/mol. The summed E-state index contributed by atoms with van der Waals surface area (Å²) in [4.78, 5) is 0. The molecule has 0 aliphatic carbocycles. The number of hydrogen-bond donors (Lipinski definition) is 0. The second-order valence-corrected chi connectivity index (χ2v) is 0. The van der Waals surface area contributed by atoms with Gasteiger partial charge in [0.15, 0.2) is 0 Å². The summed E-state index contributed by atoms with van der Waals surface area (Å²) in [6.07, 6.45) is 0. The van der Waals surface area contributed by atoms with E-state index in [1.807, 2.05) is 0 Å². The molecule has 46 valence electrons. The molecule has 0 saturated heterocycles. The van der Waals surface area contributed by atoms with Crippen molar-refractivity contribution >= 4 is 0 Å². The van der Waals surface area contributed by atoms with Crippen molar-refractivity contribution in [2.45, 2.75) is 0 Å². The summed E-state index contributed by atoms with van der Waals surface area (Å²) in [5, 5.41) is 0. The Balaban J connectivity index is -0.000000000833. The first-order valence-electron chi connectivity index (χ1n) is 0.144. The molecular weight excluding hydrogens is 282 g/mol. The van der Waals surface area contributed by atoms with Gasteiger partial charge >= 0.3 is 22.1 Å². The Hall–Kier alpha value is 0.156. The Bertz CT molecular complexity index is 7.51. The molecule has 0 rings (SSSR count). The summed E-state index contributed by atoms with van der Waals surface area (Å²) in [6.45, 7) is 0. The first-order valence-corrected chi connectivity index (χ1v) is 1.18. The fourth-order valence-corrected chi connectivity index (χ4v) is 0. The van der Waals surface area contributed by atoms with Gasteiger partial charge in [0.05, 0.1) is 0 Å². The first-order chi connectivity index (χ1) is 1.00. The summed E-state index contributed by atoms with van der Waals surface area (Å²) in [5.41, 5.74) is 0. The molecule has 0 aromatic rings. The molecule has 0 unspecified atom stereocenters. The summed E-state index contributed by atoms with van der Waals surface area (Å²) >= 11 is 0.611. The van der Waals surface area contributed by atoms with Crippen LogP contribution in [0.3, 0.4) is 0 Å². The first kappa shape index (κ1) is 122. The molecule has 0 fully saturated rings. The van der Waals surface area contributed by atoms with Crippen LogP contribution in [0, 0.1) is 0 Å². The summed E-state index contributed by atoms with van der Waals surface area (Å²) in [7, 11) is 0. The zero-order valence-electron chi connectivity index (χ0n) is 2.39.